The first-order valence-corrected chi connectivity index (χ1v) is 5.38. The van der Waals surface area contributed by atoms with E-state index < -0.39 is 17.7 Å². The van der Waals surface area contributed by atoms with Crippen molar-refractivity contribution in [2.75, 3.05) is 0 Å². The lowest BCUT2D eigenvalue weighted by Gasteiger charge is -2.12. The van der Waals surface area contributed by atoms with Gasteiger partial charge < -0.3 is 10.2 Å². The number of rotatable bonds is 3. The van der Waals surface area contributed by atoms with Crippen LogP contribution in [0.4, 0.5) is 8.78 Å². The van der Waals surface area contributed by atoms with Gasteiger partial charge >= 0.3 is 0 Å². The zero-order valence-electron chi connectivity index (χ0n) is 8.79. The van der Waals surface area contributed by atoms with Gasteiger partial charge in [-0.1, -0.05) is 11.6 Å². The summed E-state index contributed by atoms with van der Waals surface area (Å²) < 4.78 is 31.9. The second kappa shape index (κ2) is 4.85. The van der Waals surface area contributed by atoms with E-state index in [9.17, 15) is 8.78 Å². The lowest BCUT2D eigenvalue weighted by molar-refractivity contribution is 0.479. The van der Waals surface area contributed by atoms with Gasteiger partial charge in [-0.2, -0.15) is 0 Å². The molecule has 1 unspecified atom stereocenters. The van der Waals surface area contributed by atoms with E-state index >= 15 is 0 Å². The Hall–Kier alpha value is -1.39. The maximum absolute atomic E-state index is 13.5. The quantitative estimate of drug-likeness (QED) is 0.856. The molecular weight excluding hydrogens is 248 g/mol. The highest BCUT2D eigenvalue weighted by Gasteiger charge is 2.16. The number of hydrogen-bond acceptors (Lipinski definition) is 2. The summed E-state index contributed by atoms with van der Waals surface area (Å²) in [5.74, 6) is -0.680. The molecule has 17 heavy (non-hydrogen) atoms. The second-order valence-corrected chi connectivity index (χ2v) is 4.09. The van der Waals surface area contributed by atoms with E-state index in [0.29, 0.717) is 12.2 Å². The highest BCUT2D eigenvalue weighted by atomic mass is 35.5. The zero-order chi connectivity index (χ0) is 12.4. The maximum Gasteiger partial charge on any atom is 0.142 e. The standard InChI is InChI=1S/C12H10ClF2NO/c13-9-6-10(14)8(5-11(9)15)12(16)4-7-2-1-3-17-7/h1-3,5-6,12H,4,16H2. The van der Waals surface area contributed by atoms with Crippen molar-refractivity contribution in [3.05, 3.63) is 58.5 Å². The summed E-state index contributed by atoms with van der Waals surface area (Å²) >= 11 is 5.46. The first kappa shape index (κ1) is 12.1. The van der Waals surface area contributed by atoms with Crippen molar-refractivity contribution in [3.8, 4) is 0 Å². The smallest absolute Gasteiger partial charge is 0.142 e. The van der Waals surface area contributed by atoms with E-state index in [1.165, 1.54) is 6.26 Å². The van der Waals surface area contributed by atoms with Gasteiger partial charge in [0.2, 0.25) is 0 Å². The summed E-state index contributed by atoms with van der Waals surface area (Å²) in [5.41, 5.74) is 5.88. The highest BCUT2D eigenvalue weighted by Crippen LogP contribution is 2.24. The number of halogens is 3. The van der Waals surface area contributed by atoms with Gasteiger partial charge in [0, 0.05) is 18.0 Å². The van der Waals surface area contributed by atoms with Crippen molar-refractivity contribution < 1.29 is 13.2 Å². The Bertz CT molecular complexity index is 513. The fourth-order valence-electron chi connectivity index (χ4n) is 1.58. The summed E-state index contributed by atoms with van der Waals surface area (Å²) in [6.45, 7) is 0. The van der Waals surface area contributed by atoms with Crippen LogP contribution in [0.1, 0.15) is 17.4 Å². The van der Waals surface area contributed by atoms with E-state index in [1.54, 1.807) is 12.1 Å². The van der Waals surface area contributed by atoms with E-state index in [4.69, 9.17) is 21.8 Å². The highest BCUT2D eigenvalue weighted by molar-refractivity contribution is 6.30. The molecule has 2 rings (SSSR count). The fourth-order valence-corrected chi connectivity index (χ4v) is 1.73. The van der Waals surface area contributed by atoms with Gasteiger partial charge in [0.05, 0.1) is 11.3 Å². The Morgan fingerprint density at radius 3 is 2.71 bits per heavy atom. The molecule has 1 aromatic carbocycles. The molecule has 5 heteroatoms. The minimum atomic E-state index is -0.682. The molecule has 0 amide bonds. The van der Waals surface area contributed by atoms with Crippen LogP contribution in [-0.4, -0.2) is 0 Å². The van der Waals surface area contributed by atoms with Crippen LogP contribution in [0.5, 0.6) is 0 Å². The van der Waals surface area contributed by atoms with E-state index in [1.807, 2.05) is 0 Å². The molecule has 2 nitrogen and oxygen atoms in total. The van der Waals surface area contributed by atoms with Crippen molar-refractivity contribution in [1.29, 1.82) is 0 Å². The van der Waals surface area contributed by atoms with Crippen LogP contribution in [-0.2, 0) is 6.42 Å². The largest absolute Gasteiger partial charge is 0.469 e. The molecule has 0 aliphatic rings. The molecule has 1 heterocycles. The van der Waals surface area contributed by atoms with Gasteiger partial charge in [-0.15, -0.1) is 0 Å². The average Bonchev–Trinajstić information content (AvgIpc) is 2.76. The van der Waals surface area contributed by atoms with Gasteiger partial charge in [-0.25, -0.2) is 8.78 Å². The lowest BCUT2D eigenvalue weighted by atomic mass is 10.0. The van der Waals surface area contributed by atoms with Gasteiger partial charge in [0.15, 0.2) is 0 Å². The molecule has 0 fully saturated rings. The first-order chi connectivity index (χ1) is 8.08. The molecule has 0 saturated carbocycles. The fraction of sp³-hybridized carbons (Fsp3) is 0.167. The van der Waals surface area contributed by atoms with Gasteiger partial charge in [0.1, 0.15) is 17.4 Å². The van der Waals surface area contributed by atoms with Crippen molar-refractivity contribution in [2.24, 2.45) is 5.73 Å². The summed E-state index contributed by atoms with van der Waals surface area (Å²) in [7, 11) is 0. The van der Waals surface area contributed by atoms with Crippen LogP contribution in [0.3, 0.4) is 0 Å². The molecule has 2 aromatic rings. The van der Waals surface area contributed by atoms with Gasteiger partial charge in [-0.05, 0) is 24.3 Å². The summed E-state index contributed by atoms with van der Waals surface area (Å²) in [4.78, 5) is 0. The van der Waals surface area contributed by atoms with Crippen LogP contribution in [0.15, 0.2) is 34.9 Å². The molecule has 0 radical (unpaired) electrons. The predicted octanol–water partition coefficient (Wildman–Crippen LogP) is 3.45. The van der Waals surface area contributed by atoms with E-state index in [2.05, 4.69) is 0 Å². The predicted molar refractivity (Wildman–Crippen MR) is 60.7 cm³/mol. The minimum Gasteiger partial charge on any atom is -0.469 e. The number of hydrogen-bond donors (Lipinski definition) is 1. The molecule has 90 valence electrons. The van der Waals surface area contributed by atoms with Crippen molar-refractivity contribution in [1.82, 2.24) is 0 Å². The third-order valence-electron chi connectivity index (χ3n) is 2.44. The summed E-state index contributed by atoms with van der Waals surface area (Å²) in [6.07, 6.45) is 1.80. The SMILES string of the molecule is NC(Cc1ccco1)c1cc(F)c(Cl)cc1F. The second-order valence-electron chi connectivity index (χ2n) is 3.68. The van der Waals surface area contributed by atoms with Crippen molar-refractivity contribution in [2.45, 2.75) is 12.5 Å². The summed E-state index contributed by atoms with van der Waals surface area (Å²) in [6, 6.07) is 4.71. The minimum absolute atomic E-state index is 0.0864. The molecule has 0 aliphatic heterocycles. The summed E-state index contributed by atoms with van der Waals surface area (Å²) in [5, 5.41) is -0.253. The van der Waals surface area contributed by atoms with Crippen LogP contribution in [0, 0.1) is 11.6 Å². The van der Waals surface area contributed by atoms with Crippen LogP contribution < -0.4 is 5.73 Å². The molecule has 0 aliphatic carbocycles. The molecule has 1 aromatic heterocycles. The molecular formula is C12H10ClF2NO. The van der Waals surface area contributed by atoms with Gasteiger partial charge in [0.25, 0.3) is 0 Å². The molecule has 0 spiro atoms. The van der Waals surface area contributed by atoms with Crippen LogP contribution in [0.2, 0.25) is 5.02 Å². The molecule has 0 bridgehead atoms. The third-order valence-corrected chi connectivity index (χ3v) is 2.73. The maximum atomic E-state index is 13.5. The van der Waals surface area contributed by atoms with Crippen molar-refractivity contribution in [3.63, 3.8) is 0 Å². The average molecular weight is 258 g/mol. The lowest BCUT2D eigenvalue weighted by Crippen LogP contribution is -2.15. The number of nitrogens with two attached hydrogens (primary N) is 1. The van der Waals surface area contributed by atoms with Gasteiger partial charge in [-0.3, -0.25) is 0 Å². The Labute approximate surface area is 102 Å². The number of furan rings is 1. The van der Waals surface area contributed by atoms with Crippen LogP contribution in [0.25, 0.3) is 0 Å². The first-order valence-electron chi connectivity index (χ1n) is 5.00. The monoisotopic (exact) mass is 257 g/mol. The Kier molecular flexibility index (Phi) is 3.45. The zero-order valence-corrected chi connectivity index (χ0v) is 9.55. The molecule has 0 saturated heterocycles. The number of benzene rings is 1. The van der Waals surface area contributed by atoms with Crippen LogP contribution >= 0.6 is 11.6 Å². The molecule has 2 N–H and O–H groups in total. The Morgan fingerprint density at radius 2 is 2.06 bits per heavy atom. The Balaban J connectivity index is 2.24. The molecule has 1 atom stereocenters. The normalized spacial score (nSPS) is 12.7. The topological polar surface area (TPSA) is 39.2 Å². The van der Waals surface area contributed by atoms with Crippen molar-refractivity contribution >= 4 is 11.6 Å². The van der Waals surface area contributed by atoms with E-state index in [-0.39, 0.29) is 10.6 Å². The van der Waals surface area contributed by atoms with E-state index in [0.717, 1.165) is 12.1 Å². The third kappa shape index (κ3) is 2.65. The Morgan fingerprint density at radius 1 is 1.29 bits per heavy atom.